The van der Waals surface area contributed by atoms with E-state index in [0.29, 0.717) is 0 Å². The highest BCUT2D eigenvalue weighted by molar-refractivity contribution is 5.99. The maximum Gasteiger partial charge on any atom is 0.130 e. The van der Waals surface area contributed by atoms with Gasteiger partial charge in [0.05, 0.1) is 6.54 Å². The van der Waals surface area contributed by atoms with Crippen LogP contribution in [0, 0.1) is 0 Å². The number of aliphatic imine (C=N–C) groups is 1. The van der Waals surface area contributed by atoms with Crippen molar-refractivity contribution in [3.05, 3.63) is 35.4 Å². The summed E-state index contributed by atoms with van der Waals surface area (Å²) in [6, 6.07) is 8.38. The van der Waals surface area contributed by atoms with Crippen LogP contribution in [0.15, 0.2) is 29.3 Å². The van der Waals surface area contributed by atoms with Crippen LogP contribution in [0.25, 0.3) is 0 Å². The lowest BCUT2D eigenvalue weighted by Crippen LogP contribution is -2.29. The fraction of sp³-hybridized carbons (Fsp3) is 0.462. The molecule has 0 aromatic heterocycles. The smallest absolute Gasteiger partial charge is 0.130 e. The molecule has 0 amide bonds. The first-order chi connectivity index (χ1) is 7.48. The van der Waals surface area contributed by atoms with E-state index in [1.165, 1.54) is 5.56 Å². The number of hydrogen-bond donors (Lipinski definition) is 1. The number of nitrogens with zero attached hydrogens (tertiary/aromatic N) is 2. The molecular weight excluding hydrogens is 198 g/mol. The molecule has 0 bridgehead atoms. The van der Waals surface area contributed by atoms with Crippen molar-refractivity contribution in [1.29, 1.82) is 0 Å². The van der Waals surface area contributed by atoms with Gasteiger partial charge < -0.3 is 10.6 Å². The molecule has 0 fully saturated rings. The van der Waals surface area contributed by atoms with E-state index in [1.807, 2.05) is 13.8 Å². The summed E-state index contributed by atoms with van der Waals surface area (Å²) >= 11 is 0. The van der Waals surface area contributed by atoms with E-state index in [2.05, 4.69) is 41.2 Å². The van der Waals surface area contributed by atoms with Gasteiger partial charge >= 0.3 is 0 Å². The molecule has 2 N–H and O–H groups in total. The van der Waals surface area contributed by atoms with Crippen LogP contribution in [0.3, 0.4) is 0 Å². The fourth-order valence-corrected chi connectivity index (χ4v) is 1.89. The van der Waals surface area contributed by atoms with Crippen molar-refractivity contribution in [1.82, 2.24) is 4.90 Å². The van der Waals surface area contributed by atoms with Crippen LogP contribution < -0.4 is 5.73 Å². The summed E-state index contributed by atoms with van der Waals surface area (Å²) < 4.78 is 0. The fourth-order valence-electron chi connectivity index (χ4n) is 1.89. The highest BCUT2D eigenvalue weighted by atomic mass is 15.2. The summed E-state index contributed by atoms with van der Waals surface area (Å²) in [5.41, 5.74) is 8.10. The molecule has 0 radical (unpaired) electrons. The Labute approximate surface area is 97.0 Å². The molecule has 0 spiro atoms. The average molecular weight is 217 g/mol. The Morgan fingerprint density at radius 1 is 1.25 bits per heavy atom. The molecule has 1 aromatic carbocycles. The third-order valence-electron chi connectivity index (χ3n) is 2.95. The van der Waals surface area contributed by atoms with Crippen LogP contribution in [0.1, 0.15) is 25.0 Å². The van der Waals surface area contributed by atoms with Gasteiger partial charge in [-0.1, -0.05) is 24.3 Å². The molecule has 0 saturated carbocycles. The molecule has 86 valence electrons. The lowest BCUT2D eigenvalue weighted by atomic mass is 9.94. The molecule has 2 rings (SSSR count). The van der Waals surface area contributed by atoms with E-state index in [0.717, 1.165) is 24.5 Å². The van der Waals surface area contributed by atoms with Crippen molar-refractivity contribution in [2.75, 3.05) is 20.1 Å². The summed E-state index contributed by atoms with van der Waals surface area (Å²) in [5, 5.41) is 0. The zero-order chi connectivity index (χ0) is 11.8. The van der Waals surface area contributed by atoms with Crippen LogP contribution >= 0.6 is 0 Å². The van der Waals surface area contributed by atoms with E-state index >= 15 is 0 Å². The standard InChI is InChI=1S/C13H19N3/c1-13(2,14)11-6-4-10(5-7-11)12-15-8-9-16(12)3/h4-7H,8-9,14H2,1-3H3. The average Bonchev–Trinajstić information content (AvgIpc) is 2.63. The number of benzene rings is 1. The van der Waals surface area contributed by atoms with Crippen LogP contribution in [-0.2, 0) is 5.54 Å². The number of likely N-dealkylation sites (N-methyl/N-ethyl adjacent to an activating group) is 1. The second kappa shape index (κ2) is 3.91. The van der Waals surface area contributed by atoms with Gasteiger partial charge in [0.15, 0.2) is 0 Å². The molecule has 0 aliphatic carbocycles. The third-order valence-corrected chi connectivity index (χ3v) is 2.95. The maximum absolute atomic E-state index is 6.05. The van der Waals surface area contributed by atoms with Gasteiger partial charge in [-0.3, -0.25) is 4.99 Å². The van der Waals surface area contributed by atoms with Gasteiger partial charge in [0.1, 0.15) is 5.84 Å². The molecule has 0 saturated heterocycles. The van der Waals surface area contributed by atoms with Gasteiger partial charge in [-0.25, -0.2) is 0 Å². The lowest BCUT2D eigenvalue weighted by molar-refractivity contribution is 0.552. The molecule has 0 atom stereocenters. The SMILES string of the molecule is CN1CCN=C1c1ccc(C(C)(C)N)cc1. The van der Waals surface area contributed by atoms with Gasteiger partial charge in [-0.05, 0) is 19.4 Å². The minimum Gasteiger partial charge on any atom is -0.358 e. The summed E-state index contributed by atoms with van der Waals surface area (Å²) in [6.45, 7) is 5.94. The van der Waals surface area contributed by atoms with E-state index in [9.17, 15) is 0 Å². The molecule has 3 heteroatoms. The van der Waals surface area contributed by atoms with Crippen molar-refractivity contribution in [2.24, 2.45) is 10.7 Å². The van der Waals surface area contributed by atoms with Gasteiger partial charge in [0, 0.05) is 24.7 Å². The predicted molar refractivity (Wildman–Crippen MR) is 67.7 cm³/mol. The summed E-state index contributed by atoms with van der Waals surface area (Å²) in [6.07, 6.45) is 0. The highest BCUT2D eigenvalue weighted by Gasteiger charge is 2.17. The van der Waals surface area contributed by atoms with Crippen molar-refractivity contribution >= 4 is 5.84 Å². The largest absolute Gasteiger partial charge is 0.358 e. The number of hydrogen-bond acceptors (Lipinski definition) is 3. The highest BCUT2D eigenvalue weighted by Crippen LogP contribution is 2.18. The maximum atomic E-state index is 6.05. The third kappa shape index (κ3) is 2.09. The molecule has 16 heavy (non-hydrogen) atoms. The molecule has 1 heterocycles. The van der Waals surface area contributed by atoms with E-state index < -0.39 is 0 Å². The first-order valence-electron chi connectivity index (χ1n) is 5.64. The van der Waals surface area contributed by atoms with Crippen molar-refractivity contribution < 1.29 is 0 Å². The second-order valence-electron chi connectivity index (χ2n) is 4.93. The second-order valence-corrected chi connectivity index (χ2v) is 4.93. The Balaban J connectivity index is 2.26. The van der Waals surface area contributed by atoms with Crippen LogP contribution in [-0.4, -0.2) is 30.9 Å². The molecule has 1 aliphatic rings. The molecule has 3 nitrogen and oxygen atoms in total. The van der Waals surface area contributed by atoms with Crippen molar-refractivity contribution in [2.45, 2.75) is 19.4 Å². The summed E-state index contributed by atoms with van der Waals surface area (Å²) in [4.78, 5) is 6.67. The summed E-state index contributed by atoms with van der Waals surface area (Å²) in [7, 11) is 2.08. The Bertz CT molecular complexity index is 398. The van der Waals surface area contributed by atoms with Crippen LogP contribution in [0.5, 0.6) is 0 Å². The Morgan fingerprint density at radius 2 is 1.88 bits per heavy atom. The lowest BCUT2D eigenvalue weighted by Gasteiger charge is -2.20. The molecule has 1 aromatic rings. The van der Waals surface area contributed by atoms with Gasteiger partial charge in [-0.2, -0.15) is 0 Å². The number of rotatable bonds is 2. The minimum atomic E-state index is -0.276. The predicted octanol–water partition coefficient (Wildman–Crippen LogP) is 1.57. The quantitative estimate of drug-likeness (QED) is 0.817. The zero-order valence-electron chi connectivity index (χ0n) is 10.2. The summed E-state index contributed by atoms with van der Waals surface area (Å²) in [5.74, 6) is 1.08. The first-order valence-corrected chi connectivity index (χ1v) is 5.64. The molecule has 1 aliphatic heterocycles. The van der Waals surface area contributed by atoms with Gasteiger partial charge in [-0.15, -0.1) is 0 Å². The Morgan fingerprint density at radius 3 is 2.31 bits per heavy atom. The Kier molecular flexibility index (Phi) is 2.72. The van der Waals surface area contributed by atoms with E-state index in [4.69, 9.17) is 5.73 Å². The first kappa shape index (κ1) is 11.1. The van der Waals surface area contributed by atoms with Crippen molar-refractivity contribution in [3.63, 3.8) is 0 Å². The minimum absolute atomic E-state index is 0.276. The van der Waals surface area contributed by atoms with Crippen LogP contribution in [0.4, 0.5) is 0 Å². The molecular formula is C13H19N3. The van der Waals surface area contributed by atoms with Gasteiger partial charge in [0.25, 0.3) is 0 Å². The van der Waals surface area contributed by atoms with Crippen LogP contribution in [0.2, 0.25) is 0 Å². The van der Waals surface area contributed by atoms with Crippen molar-refractivity contribution in [3.8, 4) is 0 Å². The number of amidine groups is 1. The number of nitrogens with two attached hydrogens (primary N) is 1. The molecule has 0 unspecified atom stereocenters. The van der Waals surface area contributed by atoms with E-state index in [-0.39, 0.29) is 5.54 Å². The topological polar surface area (TPSA) is 41.6 Å². The zero-order valence-corrected chi connectivity index (χ0v) is 10.2. The monoisotopic (exact) mass is 217 g/mol. The van der Waals surface area contributed by atoms with Gasteiger partial charge in [0.2, 0.25) is 0 Å². The van der Waals surface area contributed by atoms with E-state index in [1.54, 1.807) is 0 Å². The Hall–Kier alpha value is -1.35. The normalized spacial score (nSPS) is 16.5.